The first-order chi connectivity index (χ1) is 14.9. The Morgan fingerprint density at radius 3 is 2.97 bits per heavy atom. The molecule has 31 heavy (non-hydrogen) atoms. The average molecular weight is 459 g/mol. The average Bonchev–Trinajstić information content (AvgIpc) is 3.37. The van der Waals surface area contributed by atoms with Crippen LogP contribution in [0.2, 0.25) is 0 Å². The Labute approximate surface area is 190 Å². The van der Waals surface area contributed by atoms with Crippen LogP contribution in [-0.4, -0.2) is 49.8 Å². The molecular formula is C22H26N4O3S2. The van der Waals surface area contributed by atoms with Crippen molar-refractivity contribution in [2.75, 3.05) is 18.5 Å². The number of thioether (sulfide) groups is 1. The molecule has 0 unspecified atom stereocenters. The van der Waals surface area contributed by atoms with Gasteiger partial charge in [0.15, 0.2) is 0 Å². The van der Waals surface area contributed by atoms with Crippen molar-refractivity contribution in [2.45, 2.75) is 52.2 Å². The van der Waals surface area contributed by atoms with Crippen molar-refractivity contribution in [3.05, 3.63) is 44.7 Å². The lowest BCUT2D eigenvalue weighted by Crippen LogP contribution is -2.36. The van der Waals surface area contributed by atoms with E-state index in [1.54, 1.807) is 17.2 Å². The van der Waals surface area contributed by atoms with Crippen LogP contribution in [0.15, 0.2) is 28.0 Å². The van der Waals surface area contributed by atoms with Crippen LogP contribution in [0.5, 0.6) is 0 Å². The number of nitrogens with one attached hydrogen (secondary N) is 1. The summed E-state index contributed by atoms with van der Waals surface area (Å²) >= 11 is 6.66. The quantitative estimate of drug-likeness (QED) is 0.524. The molecule has 1 N–H and O–H groups in total. The number of thiocarbonyl (C=S) groups is 1. The molecule has 2 aliphatic rings. The van der Waals surface area contributed by atoms with Gasteiger partial charge < -0.3 is 10.1 Å². The number of carbonyl (C=O) groups is 1. The summed E-state index contributed by atoms with van der Waals surface area (Å²) in [6, 6.07) is 3.74. The van der Waals surface area contributed by atoms with Crippen LogP contribution >= 0.6 is 24.0 Å². The summed E-state index contributed by atoms with van der Waals surface area (Å²) < 4.78 is 7.74. The molecule has 164 valence electrons. The van der Waals surface area contributed by atoms with Crippen LogP contribution in [0.25, 0.3) is 11.7 Å². The fourth-order valence-electron chi connectivity index (χ4n) is 3.77. The van der Waals surface area contributed by atoms with Gasteiger partial charge in [-0.05, 0) is 50.8 Å². The molecular weight excluding hydrogens is 432 g/mol. The van der Waals surface area contributed by atoms with Gasteiger partial charge in [0.05, 0.1) is 16.6 Å². The zero-order valence-corrected chi connectivity index (χ0v) is 19.5. The first kappa shape index (κ1) is 22.0. The minimum Gasteiger partial charge on any atom is -0.376 e. The number of aryl methyl sites for hydroxylation is 1. The van der Waals surface area contributed by atoms with Gasteiger partial charge in [-0.25, -0.2) is 4.98 Å². The van der Waals surface area contributed by atoms with E-state index in [1.165, 1.54) is 16.2 Å². The normalized spacial score (nSPS) is 21.5. The Morgan fingerprint density at radius 1 is 1.45 bits per heavy atom. The van der Waals surface area contributed by atoms with Crippen LogP contribution in [-0.2, 0) is 9.53 Å². The summed E-state index contributed by atoms with van der Waals surface area (Å²) in [5, 5.41) is 3.30. The standard InChI is InChI=1S/C22H26N4O3S2/c1-4-14(3)26-21(28)17(31-22(26)30)11-16-18(23-12-15-8-6-10-29-15)24-19-13(2)7-5-9-25(19)20(16)27/h5,7,9,11,14-15,23H,4,6,8,10,12H2,1-3H3/b17-11-/t14-,15+/m0/s1. The number of aromatic nitrogens is 2. The van der Waals surface area contributed by atoms with Gasteiger partial charge in [-0.3, -0.25) is 18.9 Å². The smallest absolute Gasteiger partial charge is 0.267 e. The van der Waals surface area contributed by atoms with Gasteiger partial charge in [0.25, 0.3) is 11.5 Å². The molecule has 7 nitrogen and oxygen atoms in total. The van der Waals surface area contributed by atoms with Gasteiger partial charge in [-0.2, -0.15) is 0 Å². The molecule has 2 aromatic rings. The SMILES string of the molecule is CC[C@H](C)N1C(=O)/C(=C/c2c(NC[C@H]3CCCO3)nc3c(C)cccn3c2=O)SC1=S. The van der Waals surface area contributed by atoms with Crippen molar-refractivity contribution in [2.24, 2.45) is 0 Å². The summed E-state index contributed by atoms with van der Waals surface area (Å²) in [7, 11) is 0. The highest BCUT2D eigenvalue weighted by atomic mass is 32.2. The van der Waals surface area contributed by atoms with Crippen LogP contribution in [0.4, 0.5) is 5.82 Å². The highest BCUT2D eigenvalue weighted by Gasteiger charge is 2.35. The maximum absolute atomic E-state index is 13.4. The number of pyridine rings is 1. The van der Waals surface area contributed by atoms with Crippen molar-refractivity contribution in [1.29, 1.82) is 0 Å². The van der Waals surface area contributed by atoms with Gasteiger partial charge in [0.2, 0.25) is 0 Å². The molecule has 4 rings (SSSR count). The second-order valence-corrected chi connectivity index (χ2v) is 9.56. The van der Waals surface area contributed by atoms with E-state index >= 15 is 0 Å². The van der Waals surface area contributed by atoms with E-state index in [-0.39, 0.29) is 23.6 Å². The van der Waals surface area contributed by atoms with Gasteiger partial charge in [-0.15, -0.1) is 0 Å². The summed E-state index contributed by atoms with van der Waals surface area (Å²) in [6.45, 7) is 7.22. The molecule has 9 heteroatoms. The number of anilines is 1. The van der Waals surface area contributed by atoms with Crippen LogP contribution in [0, 0.1) is 6.92 Å². The van der Waals surface area contributed by atoms with E-state index in [4.69, 9.17) is 21.9 Å². The largest absolute Gasteiger partial charge is 0.376 e. The third kappa shape index (κ3) is 4.26. The van der Waals surface area contributed by atoms with Crippen LogP contribution in [0.3, 0.4) is 0 Å². The Kier molecular flexibility index (Phi) is 6.45. The third-order valence-corrected chi connectivity index (χ3v) is 7.07. The van der Waals surface area contributed by atoms with Crippen molar-refractivity contribution < 1.29 is 9.53 Å². The van der Waals surface area contributed by atoms with E-state index < -0.39 is 0 Å². The highest BCUT2D eigenvalue weighted by molar-refractivity contribution is 8.26. The van der Waals surface area contributed by atoms with Gasteiger partial charge in [0.1, 0.15) is 15.8 Å². The lowest BCUT2D eigenvalue weighted by atomic mass is 10.2. The number of fused-ring (bicyclic) bond motifs is 1. The second kappa shape index (κ2) is 9.10. The predicted molar refractivity (Wildman–Crippen MR) is 128 cm³/mol. The summed E-state index contributed by atoms with van der Waals surface area (Å²) in [6.07, 6.45) is 6.22. The number of ether oxygens (including phenoxy) is 1. The van der Waals surface area contributed by atoms with E-state index in [1.807, 2.05) is 32.9 Å². The van der Waals surface area contributed by atoms with Crippen LogP contribution in [0.1, 0.15) is 44.2 Å². The molecule has 0 radical (unpaired) electrons. The molecule has 4 heterocycles. The summed E-state index contributed by atoms with van der Waals surface area (Å²) in [5.41, 5.74) is 1.61. The molecule has 0 aliphatic carbocycles. The molecule has 0 saturated carbocycles. The highest BCUT2D eigenvalue weighted by Crippen LogP contribution is 2.35. The van der Waals surface area contributed by atoms with Crippen LogP contribution < -0.4 is 10.9 Å². The number of hydrogen-bond acceptors (Lipinski definition) is 7. The van der Waals surface area contributed by atoms with Crippen molar-refractivity contribution in [1.82, 2.24) is 14.3 Å². The number of carbonyl (C=O) groups excluding carboxylic acids is 1. The van der Waals surface area contributed by atoms with Gasteiger partial charge in [-0.1, -0.05) is 37.0 Å². The zero-order chi connectivity index (χ0) is 22.1. The first-order valence-corrected chi connectivity index (χ1v) is 11.8. The number of rotatable bonds is 6. The van der Waals surface area contributed by atoms with E-state index in [9.17, 15) is 9.59 Å². The number of nitrogens with zero attached hydrogens (tertiary/aromatic N) is 3. The Balaban J connectivity index is 1.78. The first-order valence-electron chi connectivity index (χ1n) is 10.5. The molecule has 2 aromatic heterocycles. The molecule has 2 saturated heterocycles. The second-order valence-electron chi connectivity index (χ2n) is 7.89. The lowest BCUT2D eigenvalue weighted by molar-refractivity contribution is -0.123. The topological polar surface area (TPSA) is 75.9 Å². The van der Waals surface area contributed by atoms with Crippen molar-refractivity contribution in [3.8, 4) is 0 Å². The van der Waals surface area contributed by atoms with Crippen molar-refractivity contribution >= 4 is 51.7 Å². The lowest BCUT2D eigenvalue weighted by Gasteiger charge is -2.21. The van der Waals surface area contributed by atoms with E-state index in [2.05, 4.69) is 5.32 Å². The molecule has 0 spiro atoms. The molecule has 1 amide bonds. The molecule has 2 atom stereocenters. The fourth-order valence-corrected chi connectivity index (χ4v) is 5.21. The Bertz CT molecular complexity index is 1120. The summed E-state index contributed by atoms with van der Waals surface area (Å²) in [5.74, 6) is 0.298. The van der Waals surface area contributed by atoms with E-state index in [0.717, 1.165) is 31.4 Å². The third-order valence-electron chi connectivity index (χ3n) is 5.74. The molecule has 2 aliphatic heterocycles. The molecule has 0 bridgehead atoms. The fraction of sp³-hybridized carbons (Fsp3) is 0.455. The maximum Gasteiger partial charge on any atom is 0.267 e. The number of hydrogen-bond donors (Lipinski definition) is 1. The summed E-state index contributed by atoms with van der Waals surface area (Å²) in [4.78, 5) is 33.2. The Morgan fingerprint density at radius 2 is 2.26 bits per heavy atom. The minimum atomic E-state index is -0.225. The Hall–Kier alpha value is -2.23. The monoisotopic (exact) mass is 458 g/mol. The van der Waals surface area contributed by atoms with Gasteiger partial charge >= 0.3 is 0 Å². The maximum atomic E-state index is 13.4. The predicted octanol–water partition coefficient (Wildman–Crippen LogP) is 3.59. The van der Waals surface area contributed by atoms with Gasteiger partial charge in [0, 0.05) is 25.4 Å². The van der Waals surface area contributed by atoms with Crippen molar-refractivity contribution in [3.63, 3.8) is 0 Å². The number of amides is 1. The zero-order valence-electron chi connectivity index (χ0n) is 17.9. The minimum absolute atomic E-state index is 0.00832. The van der Waals surface area contributed by atoms with E-state index in [0.29, 0.717) is 32.8 Å². The molecule has 0 aromatic carbocycles. The molecule has 2 fully saturated rings.